The lowest BCUT2D eigenvalue weighted by Gasteiger charge is -2.10. The molecule has 0 aliphatic rings. The smallest absolute Gasteiger partial charge is 0.439 e. The van der Waals surface area contributed by atoms with Crippen molar-refractivity contribution in [3.05, 3.63) is 32.8 Å². The molecule has 0 spiro atoms. The predicted molar refractivity (Wildman–Crippen MR) is 69.9 cm³/mol. The molecule has 2 N–H and O–H groups in total. The fraction of sp³-hybridized carbons (Fsp3) is 0.273. The van der Waals surface area contributed by atoms with Crippen LogP contribution in [-0.2, 0) is 0 Å². The zero-order chi connectivity index (χ0) is 14.7. The molecule has 1 heterocycles. The summed E-state index contributed by atoms with van der Waals surface area (Å²) in [6, 6.07) is 2.91. The van der Waals surface area contributed by atoms with E-state index in [0.29, 0.717) is 5.56 Å². The second-order valence-corrected chi connectivity index (χ2v) is 3.75. The van der Waals surface area contributed by atoms with Crippen molar-refractivity contribution in [1.82, 2.24) is 10.1 Å². The number of ether oxygens (including phenoxy) is 1. The minimum atomic E-state index is -0.706. The van der Waals surface area contributed by atoms with Crippen molar-refractivity contribution in [2.45, 2.75) is 6.92 Å². The highest BCUT2D eigenvalue weighted by atomic mass is 16.6. The maximum Gasteiger partial charge on any atom is 0.439 e. The zero-order valence-corrected chi connectivity index (χ0v) is 10.8. The van der Waals surface area contributed by atoms with E-state index in [1.165, 1.54) is 12.1 Å². The number of anilines is 1. The molecule has 9 heteroatoms. The molecule has 0 saturated carbocycles. The first kappa shape index (κ1) is 13.6. The predicted octanol–water partition coefficient (Wildman–Crippen LogP) is 1.38. The van der Waals surface area contributed by atoms with Crippen LogP contribution in [0.1, 0.15) is 6.92 Å². The first-order chi connectivity index (χ1) is 9.56. The molecule has 0 radical (unpaired) electrons. The highest BCUT2D eigenvalue weighted by molar-refractivity contribution is 5.76. The highest BCUT2D eigenvalue weighted by Gasteiger charge is 2.23. The van der Waals surface area contributed by atoms with E-state index in [-0.39, 0.29) is 29.6 Å². The second-order valence-electron chi connectivity index (χ2n) is 3.75. The van der Waals surface area contributed by atoms with Crippen molar-refractivity contribution < 1.29 is 14.2 Å². The number of benzene rings is 1. The van der Waals surface area contributed by atoms with Gasteiger partial charge in [-0.05, 0) is 19.1 Å². The molecule has 0 bridgehead atoms. The van der Waals surface area contributed by atoms with Crippen molar-refractivity contribution in [3.8, 4) is 17.1 Å². The molecule has 0 fully saturated rings. The number of nitrogens with one attached hydrogen (secondary N) is 2. The molecule has 0 aliphatic heterocycles. The summed E-state index contributed by atoms with van der Waals surface area (Å²) in [5.41, 5.74) is 0.512. The number of nitrogens with zero attached hydrogens (tertiary/aromatic N) is 2. The lowest BCUT2D eigenvalue weighted by Crippen LogP contribution is -2.03. The number of rotatable bonds is 5. The summed E-state index contributed by atoms with van der Waals surface area (Å²) in [4.78, 5) is 23.9. The van der Waals surface area contributed by atoms with Crippen molar-refractivity contribution in [3.63, 3.8) is 0 Å². The molecule has 20 heavy (non-hydrogen) atoms. The highest BCUT2D eigenvalue weighted by Crippen LogP contribution is 2.38. The van der Waals surface area contributed by atoms with Crippen LogP contribution in [0.25, 0.3) is 11.4 Å². The number of hydrogen-bond acceptors (Lipinski definition) is 7. The maximum atomic E-state index is 11.1. The summed E-state index contributed by atoms with van der Waals surface area (Å²) < 4.78 is 9.69. The molecule has 9 nitrogen and oxygen atoms in total. The van der Waals surface area contributed by atoms with Gasteiger partial charge in [0.25, 0.3) is 0 Å². The Hall–Kier alpha value is -2.84. The van der Waals surface area contributed by atoms with E-state index in [1.54, 1.807) is 14.0 Å². The van der Waals surface area contributed by atoms with Gasteiger partial charge < -0.3 is 10.1 Å². The van der Waals surface area contributed by atoms with E-state index in [9.17, 15) is 14.9 Å². The van der Waals surface area contributed by atoms with E-state index >= 15 is 0 Å². The molecule has 2 aromatic rings. The lowest BCUT2D eigenvalue weighted by atomic mass is 10.1. The van der Waals surface area contributed by atoms with Gasteiger partial charge in [0, 0.05) is 12.6 Å². The van der Waals surface area contributed by atoms with Crippen LogP contribution in [0.3, 0.4) is 0 Å². The Morgan fingerprint density at radius 2 is 2.30 bits per heavy atom. The Labute approximate surface area is 112 Å². The van der Waals surface area contributed by atoms with Crippen LogP contribution in [0, 0.1) is 10.1 Å². The molecular formula is C11H12N4O5. The van der Waals surface area contributed by atoms with E-state index in [2.05, 4.69) is 20.0 Å². The van der Waals surface area contributed by atoms with Gasteiger partial charge in [0.1, 0.15) is 5.69 Å². The van der Waals surface area contributed by atoms with E-state index in [4.69, 9.17) is 4.74 Å². The van der Waals surface area contributed by atoms with Crippen LogP contribution in [0.15, 0.2) is 21.5 Å². The Bertz CT molecular complexity index is 690. The zero-order valence-electron chi connectivity index (χ0n) is 10.8. The van der Waals surface area contributed by atoms with Gasteiger partial charge in [-0.15, -0.1) is 0 Å². The van der Waals surface area contributed by atoms with Crippen molar-refractivity contribution in [2.24, 2.45) is 0 Å². The lowest BCUT2D eigenvalue weighted by molar-refractivity contribution is -0.384. The van der Waals surface area contributed by atoms with Crippen LogP contribution < -0.4 is 15.8 Å². The molecule has 1 aromatic heterocycles. The maximum absolute atomic E-state index is 11.1. The van der Waals surface area contributed by atoms with Gasteiger partial charge in [0.2, 0.25) is 0 Å². The summed E-state index contributed by atoms with van der Waals surface area (Å²) in [5.74, 6) is -0.451. The number of aromatic nitrogens is 2. The number of aromatic amines is 1. The quantitative estimate of drug-likeness (QED) is 0.626. The molecule has 106 valence electrons. The summed E-state index contributed by atoms with van der Waals surface area (Å²) >= 11 is 0. The summed E-state index contributed by atoms with van der Waals surface area (Å²) in [5, 5.41) is 17.4. The summed E-state index contributed by atoms with van der Waals surface area (Å²) in [7, 11) is 1.55. The third kappa shape index (κ3) is 2.46. The minimum absolute atomic E-state index is 0.0863. The monoisotopic (exact) mass is 280 g/mol. The number of hydrogen-bond donors (Lipinski definition) is 2. The van der Waals surface area contributed by atoms with Crippen molar-refractivity contribution in [2.75, 3.05) is 19.0 Å². The third-order valence-electron chi connectivity index (χ3n) is 2.54. The van der Waals surface area contributed by atoms with Crippen LogP contribution in [-0.4, -0.2) is 28.7 Å². The van der Waals surface area contributed by atoms with Gasteiger partial charge in [-0.3, -0.25) is 19.6 Å². The van der Waals surface area contributed by atoms with Crippen LogP contribution in [0.2, 0.25) is 0 Å². The topological polar surface area (TPSA) is 123 Å². The summed E-state index contributed by atoms with van der Waals surface area (Å²) in [6.07, 6.45) is 0. The van der Waals surface area contributed by atoms with E-state index in [1.807, 2.05) is 0 Å². The average molecular weight is 280 g/mol. The first-order valence-electron chi connectivity index (χ1n) is 5.76. The van der Waals surface area contributed by atoms with Crippen molar-refractivity contribution >= 4 is 11.4 Å². The molecule has 0 aliphatic carbocycles. The second kappa shape index (κ2) is 5.43. The molecule has 1 aromatic carbocycles. The van der Waals surface area contributed by atoms with Crippen molar-refractivity contribution in [1.29, 1.82) is 0 Å². The molecule has 0 unspecified atom stereocenters. The number of H-pyrrole nitrogens is 1. The van der Waals surface area contributed by atoms with E-state index < -0.39 is 10.7 Å². The molecule has 0 saturated heterocycles. The third-order valence-corrected chi connectivity index (χ3v) is 2.54. The number of nitro benzene ring substituents is 1. The Morgan fingerprint density at radius 1 is 1.55 bits per heavy atom. The number of nitro groups is 1. The minimum Gasteiger partial charge on any atom is -0.487 e. The SMILES string of the molecule is CCOc1cc(-c2noc(=O)[nH]2)cc(NC)c1[N+](=O)[O-]. The molecule has 2 rings (SSSR count). The van der Waals surface area contributed by atoms with E-state index in [0.717, 1.165) is 0 Å². The Kier molecular flexibility index (Phi) is 3.69. The normalized spacial score (nSPS) is 10.3. The fourth-order valence-corrected chi connectivity index (χ4v) is 1.74. The van der Waals surface area contributed by atoms with Crippen LogP contribution in [0.5, 0.6) is 5.75 Å². The molecule has 0 amide bonds. The Balaban J connectivity index is 2.64. The molecule has 0 atom stereocenters. The fourth-order valence-electron chi connectivity index (χ4n) is 1.74. The van der Waals surface area contributed by atoms with Gasteiger partial charge in [0.15, 0.2) is 11.6 Å². The van der Waals surface area contributed by atoms with Gasteiger partial charge in [-0.25, -0.2) is 4.79 Å². The van der Waals surface area contributed by atoms with Gasteiger partial charge in [-0.2, -0.15) is 0 Å². The van der Waals surface area contributed by atoms with Gasteiger partial charge in [0.05, 0.1) is 11.5 Å². The van der Waals surface area contributed by atoms with Crippen LogP contribution in [0.4, 0.5) is 11.4 Å². The first-order valence-corrected chi connectivity index (χ1v) is 5.76. The average Bonchev–Trinajstić information content (AvgIpc) is 2.84. The molecular weight excluding hydrogens is 268 g/mol. The standard InChI is InChI=1S/C11H12N4O5/c1-3-19-8-5-6(10-13-11(16)20-14-10)4-7(12-2)9(8)15(17)18/h4-5,12H,3H2,1-2H3,(H,13,14,16). The van der Waals surface area contributed by atoms with Gasteiger partial charge >= 0.3 is 11.4 Å². The van der Waals surface area contributed by atoms with Crippen LogP contribution >= 0.6 is 0 Å². The summed E-state index contributed by atoms with van der Waals surface area (Å²) in [6.45, 7) is 1.98. The largest absolute Gasteiger partial charge is 0.487 e. The van der Waals surface area contributed by atoms with Gasteiger partial charge in [-0.1, -0.05) is 5.16 Å². The Morgan fingerprint density at radius 3 is 2.80 bits per heavy atom.